The van der Waals surface area contributed by atoms with Crippen molar-refractivity contribution >= 4 is 66.7 Å². The van der Waals surface area contributed by atoms with Gasteiger partial charge in [-0.3, -0.25) is 13.9 Å². The van der Waals surface area contributed by atoms with Crippen molar-refractivity contribution in [2.75, 3.05) is 24.5 Å². The summed E-state index contributed by atoms with van der Waals surface area (Å²) in [7, 11) is -2.77. The minimum absolute atomic E-state index is 0.0482. The molecule has 0 saturated heterocycles. The summed E-state index contributed by atoms with van der Waals surface area (Å²) < 4.78 is 34.7. The molecule has 0 bridgehead atoms. The zero-order valence-electron chi connectivity index (χ0n) is 23.2. The second-order valence-electron chi connectivity index (χ2n) is 9.33. The number of rotatable bonds is 12. The molecule has 0 aliphatic heterocycles. The van der Waals surface area contributed by atoms with Crippen LogP contribution in [0.2, 0.25) is 10.0 Å². The molecule has 1 N–H and O–H groups in total. The Morgan fingerprint density at radius 3 is 2.24 bits per heavy atom. The normalized spacial score (nSPS) is 12.0. The number of hydrogen-bond acceptors (Lipinski definition) is 5. The molecule has 3 aromatic carbocycles. The van der Waals surface area contributed by atoms with Crippen molar-refractivity contribution in [2.45, 2.75) is 44.7 Å². The maximum atomic E-state index is 14.0. The highest BCUT2D eigenvalue weighted by Gasteiger charge is 2.33. The maximum Gasteiger partial charge on any atom is 0.264 e. The molecule has 1 unspecified atom stereocenters. The average Bonchev–Trinajstić information content (AvgIpc) is 2.94. The lowest BCUT2D eigenvalue weighted by Crippen LogP contribution is -2.51. The third-order valence-corrected chi connectivity index (χ3v) is 9.52. The summed E-state index contributed by atoms with van der Waals surface area (Å²) >= 11 is 16.2. The van der Waals surface area contributed by atoms with E-state index in [0.29, 0.717) is 38.8 Å². The maximum absolute atomic E-state index is 14.0. The number of benzene rings is 3. The molecular formula is C29H32BrCl2N3O5S. The number of nitrogens with one attached hydrogen (secondary N) is 1. The van der Waals surface area contributed by atoms with Gasteiger partial charge in [-0.15, -0.1) is 0 Å². The van der Waals surface area contributed by atoms with E-state index in [0.717, 1.165) is 9.87 Å². The first-order valence-corrected chi connectivity index (χ1v) is 15.8. The Balaban J connectivity index is 2.08. The predicted molar refractivity (Wildman–Crippen MR) is 166 cm³/mol. The highest BCUT2D eigenvalue weighted by molar-refractivity contribution is 9.10. The molecule has 220 valence electrons. The van der Waals surface area contributed by atoms with Gasteiger partial charge in [-0.05, 0) is 78.7 Å². The van der Waals surface area contributed by atoms with Gasteiger partial charge in [-0.2, -0.15) is 0 Å². The molecule has 1 atom stereocenters. The molecule has 3 rings (SSSR count). The van der Waals surface area contributed by atoms with E-state index in [1.807, 2.05) is 13.8 Å². The van der Waals surface area contributed by atoms with Gasteiger partial charge < -0.3 is 15.0 Å². The van der Waals surface area contributed by atoms with Crippen LogP contribution in [-0.4, -0.2) is 51.4 Å². The van der Waals surface area contributed by atoms with Crippen LogP contribution in [0.3, 0.4) is 0 Å². The number of hydrogen-bond donors (Lipinski definition) is 1. The Labute approximate surface area is 259 Å². The SMILES string of the molecule is CCCNC(=O)C(C)N(Cc1c(Cl)cccc1Cl)C(=O)CN(c1ccc(C)cc1)S(=O)(=O)c1ccc(OC)c(Br)c1. The number of halogens is 3. The van der Waals surface area contributed by atoms with Gasteiger partial charge in [0.05, 0.1) is 22.2 Å². The minimum Gasteiger partial charge on any atom is -0.496 e. The minimum atomic E-state index is -4.24. The summed E-state index contributed by atoms with van der Waals surface area (Å²) in [5, 5.41) is 3.44. The molecule has 0 heterocycles. The van der Waals surface area contributed by atoms with E-state index in [1.54, 1.807) is 49.4 Å². The van der Waals surface area contributed by atoms with Crippen LogP contribution in [0.4, 0.5) is 5.69 Å². The summed E-state index contributed by atoms with van der Waals surface area (Å²) in [5.74, 6) is -0.541. The topological polar surface area (TPSA) is 96.0 Å². The molecule has 0 spiro atoms. The second kappa shape index (κ2) is 14.4. The van der Waals surface area contributed by atoms with Crippen molar-refractivity contribution in [3.05, 3.63) is 86.3 Å². The van der Waals surface area contributed by atoms with Crippen LogP contribution in [0.25, 0.3) is 0 Å². The summed E-state index contributed by atoms with van der Waals surface area (Å²) in [6, 6.07) is 15.1. The van der Waals surface area contributed by atoms with Crippen LogP contribution in [0.15, 0.2) is 70.0 Å². The van der Waals surface area contributed by atoms with Crippen molar-refractivity contribution in [3.63, 3.8) is 0 Å². The summed E-state index contributed by atoms with van der Waals surface area (Å²) in [4.78, 5) is 28.3. The van der Waals surface area contributed by atoms with E-state index in [9.17, 15) is 18.0 Å². The zero-order valence-corrected chi connectivity index (χ0v) is 27.1. The van der Waals surface area contributed by atoms with Crippen molar-refractivity contribution in [1.82, 2.24) is 10.2 Å². The lowest BCUT2D eigenvalue weighted by molar-refractivity contribution is -0.139. The van der Waals surface area contributed by atoms with Gasteiger partial charge in [0, 0.05) is 28.7 Å². The Morgan fingerprint density at radius 1 is 1.05 bits per heavy atom. The summed E-state index contributed by atoms with van der Waals surface area (Å²) in [5.41, 5.74) is 1.65. The number of carbonyl (C=O) groups is 2. The van der Waals surface area contributed by atoms with E-state index in [1.165, 1.54) is 30.2 Å². The largest absolute Gasteiger partial charge is 0.496 e. The summed E-state index contributed by atoms with van der Waals surface area (Å²) in [6.45, 7) is 5.11. The third kappa shape index (κ3) is 7.94. The highest BCUT2D eigenvalue weighted by Crippen LogP contribution is 2.32. The lowest BCUT2D eigenvalue weighted by atomic mass is 10.1. The molecule has 0 saturated carbocycles. The highest BCUT2D eigenvalue weighted by atomic mass is 79.9. The van der Waals surface area contributed by atoms with Crippen LogP contribution < -0.4 is 14.4 Å². The van der Waals surface area contributed by atoms with Crippen LogP contribution in [0.5, 0.6) is 5.75 Å². The molecule has 0 fully saturated rings. The third-order valence-electron chi connectivity index (χ3n) is 6.42. The molecular weight excluding hydrogens is 653 g/mol. The van der Waals surface area contributed by atoms with Gasteiger partial charge >= 0.3 is 0 Å². The van der Waals surface area contributed by atoms with E-state index in [2.05, 4.69) is 21.2 Å². The van der Waals surface area contributed by atoms with Gasteiger partial charge in [0.2, 0.25) is 11.8 Å². The van der Waals surface area contributed by atoms with E-state index < -0.39 is 28.5 Å². The van der Waals surface area contributed by atoms with Gasteiger partial charge in [-0.1, -0.05) is 53.9 Å². The summed E-state index contributed by atoms with van der Waals surface area (Å²) in [6.07, 6.45) is 0.708. The number of sulfonamides is 1. The van der Waals surface area contributed by atoms with Crippen LogP contribution in [-0.2, 0) is 26.2 Å². The molecule has 0 radical (unpaired) electrons. The second-order valence-corrected chi connectivity index (χ2v) is 12.9. The van der Waals surface area contributed by atoms with E-state index in [-0.39, 0.29) is 23.0 Å². The quantitative estimate of drug-likeness (QED) is 0.245. The Hall–Kier alpha value is -2.79. The molecule has 41 heavy (non-hydrogen) atoms. The fraction of sp³-hybridized carbons (Fsp3) is 0.310. The number of anilines is 1. The number of nitrogens with zero attached hydrogens (tertiary/aromatic N) is 2. The van der Waals surface area contributed by atoms with Crippen molar-refractivity contribution < 1.29 is 22.7 Å². The molecule has 0 aliphatic carbocycles. The van der Waals surface area contributed by atoms with Crippen LogP contribution in [0, 0.1) is 6.92 Å². The predicted octanol–water partition coefficient (Wildman–Crippen LogP) is 6.21. The molecule has 3 aromatic rings. The van der Waals surface area contributed by atoms with Crippen molar-refractivity contribution in [2.24, 2.45) is 0 Å². The van der Waals surface area contributed by atoms with Crippen molar-refractivity contribution in [3.8, 4) is 5.75 Å². The van der Waals surface area contributed by atoms with Gasteiger partial charge in [-0.25, -0.2) is 8.42 Å². The molecule has 2 amide bonds. The van der Waals surface area contributed by atoms with E-state index in [4.69, 9.17) is 27.9 Å². The standard InChI is InChI=1S/C29H32BrCl2N3O5S/c1-5-15-33-29(37)20(3)34(17-23-25(31)7-6-8-26(23)32)28(36)18-35(21-11-9-19(2)10-12-21)41(38,39)22-13-14-27(40-4)24(30)16-22/h6-14,16,20H,5,15,17-18H2,1-4H3,(H,33,37). The molecule has 12 heteroatoms. The van der Waals surface area contributed by atoms with Crippen LogP contribution in [0.1, 0.15) is 31.4 Å². The van der Waals surface area contributed by atoms with E-state index >= 15 is 0 Å². The number of methoxy groups -OCH3 is 1. The number of carbonyl (C=O) groups excluding carboxylic acids is 2. The Kier molecular flexibility index (Phi) is 11.5. The fourth-order valence-electron chi connectivity index (χ4n) is 4.01. The van der Waals surface area contributed by atoms with Gasteiger partial charge in [0.15, 0.2) is 0 Å². The monoisotopic (exact) mass is 683 g/mol. The molecule has 0 aliphatic rings. The molecule has 8 nitrogen and oxygen atoms in total. The van der Waals surface area contributed by atoms with Crippen molar-refractivity contribution in [1.29, 1.82) is 0 Å². The number of ether oxygens (including phenoxy) is 1. The smallest absolute Gasteiger partial charge is 0.264 e. The lowest BCUT2D eigenvalue weighted by Gasteiger charge is -2.32. The van der Waals surface area contributed by atoms with Gasteiger partial charge in [0.25, 0.3) is 10.0 Å². The first-order chi connectivity index (χ1) is 19.4. The first-order valence-electron chi connectivity index (χ1n) is 12.8. The number of aryl methyl sites for hydroxylation is 1. The zero-order chi connectivity index (χ0) is 30.3. The van der Waals surface area contributed by atoms with Gasteiger partial charge in [0.1, 0.15) is 18.3 Å². The Bertz CT molecular complexity index is 1480. The Morgan fingerprint density at radius 2 is 1.68 bits per heavy atom. The number of amides is 2. The van der Waals surface area contributed by atoms with Crippen LogP contribution >= 0.6 is 39.1 Å². The average molecular weight is 685 g/mol. The molecule has 0 aromatic heterocycles. The first kappa shape index (κ1) is 32.7. The fourth-order valence-corrected chi connectivity index (χ4v) is 6.66.